The lowest BCUT2D eigenvalue weighted by Crippen LogP contribution is -2.51. The molecule has 1 saturated heterocycles. The van der Waals surface area contributed by atoms with E-state index in [9.17, 15) is 4.79 Å². The molecule has 28 heavy (non-hydrogen) atoms. The molecule has 0 aliphatic carbocycles. The van der Waals surface area contributed by atoms with E-state index in [0.29, 0.717) is 12.4 Å². The van der Waals surface area contributed by atoms with E-state index in [1.807, 2.05) is 30.9 Å². The molecule has 150 valence electrons. The largest absolute Gasteiger partial charge is 0.475 e. The Bertz CT molecular complexity index is 768. The average molecular weight is 383 g/mol. The van der Waals surface area contributed by atoms with Crippen LogP contribution < -0.4 is 10.1 Å². The van der Waals surface area contributed by atoms with E-state index in [0.717, 1.165) is 38.3 Å². The molecule has 1 aliphatic heterocycles. The summed E-state index contributed by atoms with van der Waals surface area (Å²) in [5.41, 5.74) is 3.58. The molecule has 2 amide bonds. The fraction of sp³-hybridized carbons (Fsp3) is 0.455. The third-order valence-corrected chi connectivity index (χ3v) is 4.75. The molecular formula is C22H30N4O2. The molecule has 0 unspecified atom stereocenters. The number of hydrogen-bond acceptors (Lipinski definition) is 4. The van der Waals surface area contributed by atoms with Crippen LogP contribution in [0, 0.1) is 6.92 Å². The van der Waals surface area contributed by atoms with E-state index in [2.05, 4.69) is 46.4 Å². The van der Waals surface area contributed by atoms with Gasteiger partial charge in [-0.2, -0.15) is 0 Å². The van der Waals surface area contributed by atoms with E-state index >= 15 is 0 Å². The molecule has 0 bridgehead atoms. The summed E-state index contributed by atoms with van der Waals surface area (Å²) < 4.78 is 5.54. The molecule has 0 saturated carbocycles. The second-order valence-corrected chi connectivity index (χ2v) is 7.58. The third kappa shape index (κ3) is 5.96. The number of ether oxygens (including phenoxy) is 1. The number of aromatic nitrogens is 1. The van der Waals surface area contributed by atoms with Crippen LogP contribution in [0.25, 0.3) is 0 Å². The number of carbonyl (C=O) groups is 1. The van der Waals surface area contributed by atoms with Crippen LogP contribution in [-0.4, -0.2) is 53.1 Å². The molecule has 2 heterocycles. The molecule has 6 heteroatoms. The first kappa shape index (κ1) is 20.1. The van der Waals surface area contributed by atoms with Crippen molar-refractivity contribution in [3.63, 3.8) is 0 Å². The Balaban J connectivity index is 1.41. The molecule has 1 N–H and O–H groups in total. The Morgan fingerprint density at radius 2 is 1.93 bits per heavy atom. The fourth-order valence-corrected chi connectivity index (χ4v) is 3.29. The molecule has 1 aliphatic rings. The Labute approximate surface area is 167 Å². The van der Waals surface area contributed by atoms with Crippen molar-refractivity contribution in [1.29, 1.82) is 0 Å². The average Bonchev–Trinajstić information content (AvgIpc) is 2.67. The van der Waals surface area contributed by atoms with E-state index in [1.165, 1.54) is 11.1 Å². The third-order valence-electron chi connectivity index (χ3n) is 4.75. The number of aryl methyl sites for hydroxylation is 1. The van der Waals surface area contributed by atoms with Gasteiger partial charge in [-0.05, 0) is 31.9 Å². The fourth-order valence-electron chi connectivity index (χ4n) is 3.29. The van der Waals surface area contributed by atoms with Gasteiger partial charge in [0.25, 0.3) is 0 Å². The van der Waals surface area contributed by atoms with Gasteiger partial charge >= 0.3 is 6.03 Å². The molecule has 3 rings (SSSR count). The topological polar surface area (TPSA) is 57.7 Å². The summed E-state index contributed by atoms with van der Waals surface area (Å²) in [7, 11) is 0. The number of hydrogen-bond donors (Lipinski definition) is 1. The number of nitrogens with one attached hydrogen (secondary N) is 1. The number of amides is 2. The Kier molecular flexibility index (Phi) is 6.87. The lowest BCUT2D eigenvalue weighted by molar-refractivity contribution is 0.135. The first-order chi connectivity index (χ1) is 13.5. The zero-order valence-electron chi connectivity index (χ0n) is 17.0. The maximum Gasteiger partial charge on any atom is 0.317 e. The van der Waals surface area contributed by atoms with Crippen molar-refractivity contribution in [3.8, 4) is 5.88 Å². The monoisotopic (exact) mass is 382 g/mol. The van der Waals surface area contributed by atoms with Crippen molar-refractivity contribution >= 4 is 6.03 Å². The minimum Gasteiger partial charge on any atom is -0.475 e. The van der Waals surface area contributed by atoms with E-state index < -0.39 is 0 Å². The lowest BCUT2D eigenvalue weighted by Gasteiger charge is -2.34. The summed E-state index contributed by atoms with van der Waals surface area (Å²) in [5, 5.41) is 2.99. The highest BCUT2D eigenvalue weighted by Gasteiger charge is 2.20. The van der Waals surface area contributed by atoms with E-state index in [1.54, 1.807) is 6.20 Å². The van der Waals surface area contributed by atoms with E-state index in [4.69, 9.17) is 4.74 Å². The number of rotatable bonds is 6. The van der Waals surface area contributed by atoms with Crippen LogP contribution >= 0.6 is 0 Å². The second-order valence-electron chi connectivity index (χ2n) is 7.58. The molecular weight excluding hydrogens is 352 g/mol. The van der Waals surface area contributed by atoms with Crippen molar-refractivity contribution in [3.05, 3.63) is 59.3 Å². The van der Waals surface area contributed by atoms with Gasteiger partial charge in [0, 0.05) is 51.5 Å². The van der Waals surface area contributed by atoms with Gasteiger partial charge in [0.2, 0.25) is 5.88 Å². The van der Waals surface area contributed by atoms with Crippen LogP contribution in [0.5, 0.6) is 5.88 Å². The van der Waals surface area contributed by atoms with Crippen molar-refractivity contribution in [2.24, 2.45) is 0 Å². The highest BCUT2D eigenvalue weighted by molar-refractivity contribution is 5.74. The Hall–Kier alpha value is -2.60. The van der Waals surface area contributed by atoms with Gasteiger partial charge in [-0.15, -0.1) is 0 Å². The van der Waals surface area contributed by atoms with Crippen LogP contribution in [0.2, 0.25) is 0 Å². The highest BCUT2D eigenvalue weighted by atomic mass is 16.5. The Morgan fingerprint density at radius 1 is 1.14 bits per heavy atom. The van der Waals surface area contributed by atoms with E-state index in [-0.39, 0.29) is 12.1 Å². The Morgan fingerprint density at radius 3 is 2.57 bits per heavy atom. The molecule has 0 radical (unpaired) electrons. The van der Waals surface area contributed by atoms with Gasteiger partial charge in [0.15, 0.2) is 0 Å². The summed E-state index contributed by atoms with van der Waals surface area (Å²) in [6.45, 7) is 10.7. The highest BCUT2D eigenvalue weighted by Crippen LogP contribution is 2.12. The standard InChI is InChI=1S/C22H30N4O2/c1-17(2)28-21-8-7-20(14-23-21)15-24-22(27)26-11-9-25(10-12-26)16-19-6-4-5-18(3)13-19/h4-8,13-14,17H,9-12,15-16H2,1-3H3,(H,24,27). The van der Waals surface area contributed by atoms with Crippen molar-refractivity contribution in [1.82, 2.24) is 20.1 Å². The molecule has 0 spiro atoms. The van der Waals surface area contributed by atoms with Crippen LogP contribution in [0.1, 0.15) is 30.5 Å². The maximum absolute atomic E-state index is 12.4. The van der Waals surface area contributed by atoms with Crippen molar-refractivity contribution in [2.75, 3.05) is 26.2 Å². The SMILES string of the molecule is Cc1cccc(CN2CCN(C(=O)NCc3ccc(OC(C)C)nc3)CC2)c1. The van der Waals surface area contributed by atoms with Gasteiger partial charge in [-0.25, -0.2) is 9.78 Å². The quantitative estimate of drug-likeness (QED) is 0.834. The number of benzene rings is 1. The first-order valence-corrected chi connectivity index (χ1v) is 9.92. The minimum atomic E-state index is -0.0160. The molecule has 0 atom stereocenters. The minimum absolute atomic E-state index is 0.0160. The molecule has 1 fully saturated rings. The van der Waals surface area contributed by atoms with Crippen molar-refractivity contribution in [2.45, 2.75) is 40.0 Å². The predicted octanol–water partition coefficient (Wildman–Crippen LogP) is 3.20. The van der Waals surface area contributed by atoms with Crippen LogP contribution in [0.4, 0.5) is 4.79 Å². The number of piperazine rings is 1. The predicted molar refractivity (Wildman–Crippen MR) is 110 cm³/mol. The summed E-state index contributed by atoms with van der Waals surface area (Å²) in [6.07, 6.45) is 1.85. The maximum atomic E-state index is 12.4. The van der Waals surface area contributed by atoms with Gasteiger partial charge in [-0.3, -0.25) is 4.90 Å². The molecule has 6 nitrogen and oxygen atoms in total. The molecule has 1 aromatic carbocycles. The zero-order valence-corrected chi connectivity index (χ0v) is 17.0. The lowest BCUT2D eigenvalue weighted by atomic mass is 10.1. The van der Waals surface area contributed by atoms with Gasteiger partial charge < -0.3 is 15.0 Å². The summed E-state index contributed by atoms with van der Waals surface area (Å²) in [6, 6.07) is 12.4. The van der Waals surface area contributed by atoms with Crippen LogP contribution in [0.15, 0.2) is 42.6 Å². The second kappa shape index (κ2) is 9.55. The number of nitrogens with zero attached hydrogens (tertiary/aromatic N) is 3. The zero-order chi connectivity index (χ0) is 19.9. The van der Waals surface area contributed by atoms with Gasteiger partial charge in [-0.1, -0.05) is 35.9 Å². The normalized spacial score (nSPS) is 14.9. The van der Waals surface area contributed by atoms with Gasteiger partial charge in [0.05, 0.1) is 6.10 Å². The number of pyridine rings is 1. The summed E-state index contributed by atoms with van der Waals surface area (Å²) >= 11 is 0. The van der Waals surface area contributed by atoms with Gasteiger partial charge in [0.1, 0.15) is 0 Å². The smallest absolute Gasteiger partial charge is 0.317 e. The van der Waals surface area contributed by atoms with Crippen LogP contribution in [-0.2, 0) is 13.1 Å². The van der Waals surface area contributed by atoms with Crippen molar-refractivity contribution < 1.29 is 9.53 Å². The van der Waals surface area contributed by atoms with Crippen LogP contribution in [0.3, 0.4) is 0 Å². The molecule has 1 aromatic heterocycles. The number of urea groups is 1. The summed E-state index contributed by atoms with van der Waals surface area (Å²) in [4.78, 5) is 21.0. The summed E-state index contributed by atoms with van der Waals surface area (Å²) in [5.74, 6) is 0.606. The first-order valence-electron chi connectivity index (χ1n) is 9.92. The number of carbonyl (C=O) groups excluding carboxylic acids is 1. The molecule has 2 aromatic rings.